The number of ether oxygens (including phenoxy) is 2. The van der Waals surface area contributed by atoms with E-state index in [1.165, 1.54) is 17.6 Å². The van der Waals surface area contributed by atoms with E-state index in [-0.39, 0.29) is 5.92 Å². The number of imidazole rings is 1. The molecule has 1 aromatic heterocycles. The van der Waals surface area contributed by atoms with Crippen LogP contribution in [0.4, 0.5) is 0 Å². The summed E-state index contributed by atoms with van der Waals surface area (Å²) in [5.74, 6) is 3.17. The van der Waals surface area contributed by atoms with Crippen LogP contribution in [-0.4, -0.2) is 59.9 Å². The Labute approximate surface area is 208 Å². The van der Waals surface area contributed by atoms with E-state index >= 15 is 0 Å². The summed E-state index contributed by atoms with van der Waals surface area (Å²) in [7, 11) is 5.46. The molecule has 6 nitrogen and oxygen atoms in total. The van der Waals surface area contributed by atoms with Gasteiger partial charge in [-0.3, -0.25) is 0 Å². The lowest BCUT2D eigenvalue weighted by Crippen LogP contribution is -2.48. The number of hydrogen-bond donors (Lipinski definition) is 2. The molecule has 0 radical (unpaired) electrons. The zero-order valence-electron chi connectivity index (χ0n) is 21.1. The summed E-state index contributed by atoms with van der Waals surface area (Å²) in [6.45, 7) is 1.87. The predicted molar refractivity (Wildman–Crippen MR) is 140 cm³/mol. The van der Waals surface area contributed by atoms with Crippen LogP contribution in [0.3, 0.4) is 0 Å². The monoisotopic (exact) mass is 475 g/mol. The molecule has 3 atom stereocenters. The number of rotatable bonds is 10. The number of aliphatic hydroxyl groups is 1. The molecule has 0 saturated heterocycles. The summed E-state index contributed by atoms with van der Waals surface area (Å²) in [4.78, 5) is 10.5. The number of methoxy groups -OCH3 is 2. The Kier molecular flexibility index (Phi) is 6.85. The van der Waals surface area contributed by atoms with E-state index in [4.69, 9.17) is 14.5 Å². The highest BCUT2D eigenvalue weighted by molar-refractivity contribution is 5.83. The number of allylic oxidation sites excluding steroid dienone is 1. The van der Waals surface area contributed by atoms with Crippen molar-refractivity contribution < 1.29 is 14.6 Å². The maximum Gasteiger partial charge on any atom is 0.150 e. The number of benzene rings is 2. The molecule has 0 spiro atoms. The van der Waals surface area contributed by atoms with Crippen LogP contribution >= 0.6 is 0 Å². The van der Waals surface area contributed by atoms with Gasteiger partial charge in [0.2, 0.25) is 0 Å². The van der Waals surface area contributed by atoms with E-state index in [0.29, 0.717) is 5.92 Å². The Morgan fingerprint density at radius 3 is 2.66 bits per heavy atom. The van der Waals surface area contributed by atoms with Crippen molar-refractivity contribution in [2.45, 2.75) is 44.1 Å². The van der Waals surface area contributed by atoms with Crippen molar-refractivity contribution in [1.29, 1.82) is 0 Å². The van der Waals surface area contributed by atoms with Gasteiger partial charge in [-0.05, 0) is 62.8 Å². The zero-order valence-corrected chi connectivity index (χ0v) is 21.1. The quantitative estimate of drug-likeness (QED) is 0.428. The second kappa shape index (κ2) is 10.0. The van der Waals surface area contributed by atoms with E-state index in [1.807, 2.05) is 12.1 Å². The minimum atomic E-state index is -0.580. The van der Waals surface area contributed by atoms with Crippen molar-refractivity contribution >= 4 is 16.6 Å². The molecule has 3 aromatic rings. The van der Waals surface area contributed by atoms with Crippen molar-refractivity contribution in [2.75, 3.05) is 34.4 Å². The second-order valence-corrected chi connectivity index (χ2v) is 10.2. The molecule has 2 N–H and O–H groups in total. The van der Waals surface area contributed by atoms with Gasteiger partial charge in [0, 0.05) is 31.0 Å². The fourth-order valence-electron chi connectivity index (χ4n) is 5.95. The SMILES string of the molecule is COc1cc(OC)c2nc(CCCN(C)CCC3(O)CC4CCC3C=C4c3ccccc3)[nH]c2c1. The third-order valence-electron chi connectivity index (χ3n) is 7.95. The number of nitrogens with one attached hydrogen (secondary N) is 1. The first kappa shape index (κ1) is 23.9. The van der Waals surface area contributed by atoms with Crippen molar-refractivity contribution in [3.63, 3.8) is 0 Å². The maximum absolute atomic E-state index is 11.5. The second-order valence-electron chi connectivity index (χ2n) is 10.2. The normalized spacial score (nSPS) is 23.6. The summed E-state index contributed by atoms with van der Waals surface area (Å²) < 4.78 is 10.8. The Bertz CT molecular complexity index is 1190. The van der Waals surface area contributed by atoms with Gasteiger partial charge in [-0.1, -0.05) is 36.4 Å². The third-order valence-corrected chi connectivity index (χ3v) is 7.95. The average molecular weight is 476 g/mol. The molecule has 3 aliphatic carbocycles. The molecule has 6 rings (SSSR count). The van der Waals surface area contributed by atoms with Gasteiger partial charge in [0.25, 0.3) is 0 Å². The number of H-pyrrole nitrogens is 1. The van der Waals surface area contributed by atoms with Crippen LogP contribution in [-0.2, 0) is 6.42 Å². The first-order valence-electron chi connectivity index (χ1n) is 12.8. The fraction of sp³-hybridized carbons (Fsp3) is 0.483. The van der Waals surface area contributed by atoms with Crippen LogP contribution in [0, 0.1) is 11.8 Å². The highest BCUT2D eigenvalue weighted by atomic mass is 16.5. The molecule has 186 valence electrons. The van der Waals surface area contributed by atoms with Crippen molar-refractivity contribution in [1.82, 2.24) is 14.9 Å². The van der Waals surface area contributed by atoms with E-state index in [0.717, 1.165) is 73.6 Å². The van der Waals surface area contributed by atoms with Crippen molar-refractivity contribution in [3.8, 4) is 11.5 Å². The molecule has 1 saturated carbocycles. The summed E-state index contributed by atoms with van der Waals surface area (Å²) >= 11 is 0. The van der Waals surface area contributed by atoms with Crippen molar-refractivity contribution in [3.05, 3.63) is 59.9 Å². The topological polar surface area (TPSA) is 70.6 Å². The number of nitrogens with zero attached hydrogens (tertiary/aromatic N) is 2. The first-order valence-corrected chi connectivity index (χ1v) is 12.8. The van der Waals surface area contributed by atoms with Crippen LogP contribution in [0.25, 0.3) is 16.6 Å². The molecule has 2 aromatic carbocycles. The van der Waals surface area contributed by atoms with Crippen molar-refractivity contribution in [2.24, 2.45) is 11.8 Å². The van der Waals surface area contributed by atoms with Gasteiger partial charge >= 0.3 is 0 Å². The van der Waals surface area contributed by atoms with Gasteiger partial charge < -0.3 is 24.5 Å². The number of aryl methyl sites for hydroxylation is 1. The van der Waals surface area contributed by atoms with E-state index in [1.54, 1.807) is 14.2 Å². The lowest BCUT2D eigenvalue weighted by molar-refractivity contribution is -0.0574. The van der Waals surface area contributed by atoms with Crippen LogP contribution in [0.15, 0.2) is 48.5 Å². The van der Waals surface area contributed by atoms with E-state index in [2.05, 4.69) is 53.3 Å². The Hall–Kier alpha value is -2.83. The third kappa shape index (κ3) is 4.95. The largest absolute Gasteiger partial charge is 0.497 e. The van der Waals surface area contributed by atoms with E-state index in [9.17, 15) is 5.11 Å². The Morgan fingerprint density at radius 1 is 1.11 bits per heavy atom. The van der Waals surface area contributed by atoms with Gasteiger partial charge in [-0.2, -0.15) is 0 Å². The highest BCUT2D eigenvalue weighted by Gasteiger charge is 2.46. The zero-order chi connectivity index (χ0) is 24.4. The Morgan fingerprint density at radius 2 is 1.94 bits per heavy atom. The molecule has 0 amide bonds. The number of fused-ring (bicyclic) bond motifs is 3. The summed E-state index contributed by atoms with van der Waals surface area (Å²) in [5, 5.41) is 11.5. The molecule has 3 unspecified atom stereocenters. The van der Waals surface area contributed by atoms with Gasteiger partial charge in [0.1, 0.15) is 22.8 Å². The molecule has 1 heterocycles. The van der Waals surface area contributed by atoms with Crippen LogP contribution in [0.2, 0.25) is 0 Å². The van der Waals surface area contributed by atoms with Gasteiger partial charge in [-0.25, -0.2) is 4.98 Å². The van der Waals surface area contributed by atoms with Crippen LogP contribution in [0.1, 0.15) is 43.5 Å². The molecule has 3 aliphatic rings. The van der Waals surface area contributed by atoms with Crippen LogP contribution < -0.4 is 9.47 Å². The molecule has 1 fully saturated rings. The molecule has 6 heteroatoms. The van der Waals surface area contributed by atoms with Gasteiger partial charge in [-0.15, -0.1) is 0 Å². The summed E-state index contributed by atoms with van der Waals surface area (Å²) in [5.41, 5.74) is 3.96. The number of aromatic amines is 1. The summed E-state index contributed by atoms with van der Waals surface area (Å²) in [6, 6.07) is 14.5. The lowest BCUT2D eigenvalue weighted by atomic mass is 9.61. The summed E-state index contributed by atoms with van der Waals surface area (Å²) in [6.07, 6.45) is 8.24. The standard InChI is InChI=1S/C29H37N3O3/c1-32(14-7-10-27-30-25-17-23(34-2)18-26(35-3)28(25)31-27)15-13-29(33)19-21-11-12-22(29)16-24(21)20-8-5-4-6-9-20/h4-6,8-9,16-18,21-22,33H,7,10-15,19H2,1-3H3,(H,30,31). The van der Waals surface area contributed by atoms with E-state index < -0.39 is 5.60 Å². The molecule has 35 heavy (non-hydrogen) atoms. The average Bonchev–Trinajstić information content (AvgIpc) is 3.30. The first-order chi connectivity index (χ1) is 17.0. The predicted octanol–water partition coefficient (Wildman–Crippen LogP) is 5.08. The number of aromatic nitrogens is 2. The molecule has 0 aliphatic heterocycles. The number of hydrogen-bond acceptors (Lipinski definition) is 5. The van der Waals surface area contributed by atoms with Crippen LogP contribution in [0.5, 0.6) is 11.5 Å². The Balaban J connectivity index is 1.14. The minimum Gasteiger partial charge on any atom is -0.497 e. The van der Waals surface area contributed by atoms with Gasteiger partial charge in [0.05, 0.1) is 25.3 Å². The lowest BCUT2D eigenvalue weighted by Gasteiger charge is -2.48. The molecular formula is C29H37N3O3. The smallest absolute Gasteiger partial charge is 0.150 e. The maximum atomic E-state index is 11.5. The fourth-order valence-corrected chi connectivity index (χ4v) is 5.95. The minimum absolute atomic E-state index is 0.263. The van der Waals surface area contributed by atoms with Gasteiger partial charge in [0.15, 0.2) is 0 Å². The molecule has 2 bridgehead atoms. The highest BCUT2D eigenvalue weighted by Crippen LogP contribution is 2.51. The molecular weight excluding hydrogens is 438 g/mol.